The molecule has 3 aliphatic heterocycles. The molecule has 0 radical (unpaired) electrons. The average Bonchev–Trinajstić information content (AvgIpc) is 3.24. The summed E-state index contributed by atoms with van der Waals surface area (Å²) in [5.74, 6) is 0.266. The Morgan fingerprint density at radius 1 is 1.27 bits per heavy atom. The Labute approximate surface area is 158 Å². The van der Waals surface area contributed by atoms with E-state index in [2.05, 4.69) is 21.7 Å². The molecule has 1 aromatic heterocycles. The van der Waals surface area contributed by atoms with Crippen LogP contribution in [0.4, 0.5) is 0 Å². The van der Waals surface area contributed by atoms with E-state index in [-0.39, 0.29) is 11.9 Å². The molecule has 2 fully saturated rings. The molecule has 0 saturated carbocycles. The van der Waals surface area contributed by atoms with Crippen LogP contribution in [-0.2, 0) is 17.8 Å². The fraction of sp³-hybridized carbons (Fsp3) is 0.550. The van der Waals surface area contributed by atoms with Gasteiger partial charge in [0.1, 0.15) is 0 Å². The summed E-state index contributed by atoms with van der Waals surface area (Å²) in [6.07, 6.45) is 4.20. The van der Waals surface area contributed by atoms with Gasteiger partial charge in [-0.3, -0.25) is 4.79 Å². The number of H-pyrrole nitrogens is 1. The minimum Gasteiger partial charge on any atom is -0.357 e. The minimum atomic E-state index is -0.0246. The van der Waals surface area contributed by atoms with E-state index < -0.39 is 0 Å². The molecule has 5 rings (SSSR count). The van der Waals surface area contributed by atoms with Crippen molar-refractivity contribution in [3.63, 3.8) is 0 Å². The Bertz CT molecular complexity index is 855. The number of piperidine rings is 1. The van der Waals surface area contributed by atoms with E-state index in [4.69, 9.17) is 11.6 Å². The van der Waals surface area contributed by atoms with E-state index in [1.807, 2.05) is 17.0 Å². The van der Waals surface area contributed by atoms with Crippen molar-refractivity contribution < 1.29 is 4.79 Å². The maximum Gasteiger partial charge on any atom is 0.240 e. The van der Waals surface area contributed by atoms with Gasteiger partial charge < -0.3 is 20.5 Å². The minimum absolute atomic E-state index is 0.0246. The van der Waals surface area contributed by atoms with Crippen LogP contribution < -0.4 is 10.6 Å². The molecular formula is C20H25ClN4O. The molecule has 1 amide bonds. The number of nitrogens with one attached hydrogen (secondary N) is 3. The van der Waals surface area contributed by atoms with Crippen LogP contribution >= 0.6 is 11.6 Å². The summed E-state index contributed by atoms with van der Waals surface area (Å²) < 4.78 is 0. The number of para-hydroxylation sites is 1. The molecule has 2 aromatic rings. The van der Waals surface area contributed by atoms with Crippen LogP contribution in [0.2, 0.25) is 5.02 Å². The smallest absolute Gasteiger partial charge is 0.240 e. The number of benzene rings is 1. The standard InChI is InChI=1S/C20H25ClN4O/c21-15-3-1-2-13-14-11-25(9-4-16(14)24-18(13)15)19(26)17-10-20(12-23-17)5-7-22-8-6-20/h1-3,17,22-24H,4-12H2/t17-/m1/s1. The van der Waals surface area contributed by atoms with Gasteiger partial charge in [0.15, 0.2) is 0 Å². The van der Waals surface area contributed by atoms with Crippen molar-refractivity contribution in [3.8, 4) is 0 Å². The summed E-state index contributed by atoms with van der Waals surface area (Å²) >= 11 is 6.33. The summed E-state index contributed by atoms with van der Waals surface area (Å²) in [4.78, 5) is 18.7. The van der Waals surface area contributed by atoms with Crippen LogP contribution in [0.25, 0.3) is 10.9 Å². The summed E-state index contributed by atoms with van der Waals surface area (Å²) in [7, 11) is 0. The van der Waals surface area contributed by atoms with E-state index in [0.29, 0.717) is 12.0 Å². The molecule has 2 saturated heterocycles. The van der Waals surface area contributed by atoms with Crippen LogP contribution in [0.1, 0.15) is 30.5 Å². The number of rotatable bonds is 1. The van der Waals surface area contributed by atoms with Crippen LogP contribution in [0.3, 0.4) is 0 Å². The normalized spacial score (nSPS) is 25.0. The van der Waals surface area contributed by atoms with Gasteiger partial charge in [-0.1, -0.05) is 23.7 Å². The number of halogens is 1. The first kappa shape index (κ1) is 16.6. The lowest BCUT2D eigenvalue weighted by atomic mass is 9.77. The number of hydrogen-bond acceptors (Lipinski definition) is 3. The van der Waals surface area contributed by atoms with Crippen molar-refractivity contribution in [3.05, 3.63) is 34.5 Å². The summed E-state index contributed by atoms with van der Waals surface area (Å²) in [5.41, 5.74) is 3.78. The lowest BCUT2D eigenvalue weighted by Crippen LogP contribution is -2.45. The largest absolute Gasteiger partial charge is 0.357 e. The highest BCUT2D eigenvalue weighted by Crippen LogP contribution is 2.38. The van der Waals surface area contributed by atoms with E-state index in [1.165, 1.54) is 24.1 Å². The predicted octanol–water partition coefficient (Wildman–Crippen LogP) is 2.44. The number of carbonyl (C=O) groups excluding carboxylic acids is 1. The predicted molar refractivity (Wildman–Crippen MR) is 103 cm³/mol. The molecule has 26 heavy (non-hydrogen) atoms. The zero-order valence-corrected chi connectivity index (χ0v) is 15.7. The highest BCUT2D eigenvalue weighted by molar-refractivity contribution is 6.35. The van der Waals surface area contributed by atoms with Gasteiger partial charge in [-0.05, 0) is 43.8 Å². The zero-order chi connectivity index (χ0) is 17.7. The maximum atomic E-state index is 13.2. The van der Waals surface area contributed by atoms with Crippen molar-refractivity contribution in [2.45, 2.75) is 38.3 Å². The molecule has 1 atom stereocenters. The van der Waals surface area contributed by atoms with E-state index >= 15 is 0 Å². The summed E-state index contributed by atoms with van der Waals surface area (Å²) in [5, 5.41) is 8.87. The lowest BCUT2D eigenvalue weighted by Gasteiger charge is -2.34. The second-order valence-electron chi connectivity index (χ2n) is 8.14. The molecule has 0 bridgehead atoms. The number of carbonyl (C=O) groups is 1. The van der Waals surface area contributed by atoms with Crippen molar-refractivity contribution in [1.82, 2.24) is 20.5 Å². The van der Waals surface area contributed by atoms with Gasteiger partial charge in [0.2, 0.25) is 5.91 Å². The van der Waals surface area contributed by atoms with Crippen molar-refractivity contribution in [1.29, 1.82) is 0 Å². The van der Waals surface area contributed by atoms with Gasteiger partial charge in [0, 0.05) is 42.7 Å². The highest BCUT2D eigenvalue weighted by atomic mass is 35.5. The van der Waals surface area contributed by atoms with Crippen molar-refractivity contribution >= 4 is 28.4 Å². The molecule has 0 unspecified atom stereocenters. The third kappa shape index (κ3) is 2.65. The molecule has 4 heterocycles. The average molecular weight is 373 g/mol. The Hall–Kier alpha value is -1.56. The molecule has 0 aliphatic carbocycles. The zero-order valence-electron chi connectivity index (χ0n) is 14.9. The maximum absolute atomic E-state index is 13.2. The van der Waals surface area contributed by atoms with E-state index in [1.54, 1.807) is 0 Å². The molecule has 5 nitrogen and oxygen atoms in total. The quantitative estimate of drug-likeness (QED) is 0.720. The van der Waals surface area contributed by atoms with Crippen LogP contribution in [-0.4, -0.2) is 48.0 Å². The van der Waals surface area contributed by atoms with E-state index in [9.17, 15) is 4.79 Å². The Morgan fingerprint density at radius 2 is 2.12 bits per heavy atom. The van der Waals surface area contributed by atoms with Crippen LogP contribution in [0.15, 0.2) is 18.2 Å². The van der Waals surface area contributed by atoms with Gasteiger partial charge in [0.05, 0.1) is 16.6 Å². The molecule has 1 spiro atoms. The molecule has 3 N–H and O–H groups in total. The lowest BCUT2D eigenvalue weighted by molar-refractivity contribution is -0.134. The molecule has 138 valence electrons. The van der Waals surface area contributed by atoms with Crippen molar-refractivity contribution in [2.24, 2.45) is 5.41 Å². The Balaban J connectivity index is 1.35. The third-order valence-electron chi connectivity index (χ3n) is 6.59. The number of fused-ring (bicyclic) bond motifs is 3. The van der Waals surface area contributed by atoms with Crippen LogP contribution in [0.5, 0.6) is 0 Å². The van der Waals surface area contributed by atoms with Gasteiger partial charge >= 0.3 is 0 Å². The fourth-order valence-corrected chi connectivity index (χ4v) is 5.26. The monoisotopic (exact) mass is 372 g/mol. The second kappa shape index (κ2) is 6.25. The molecule has 1 aromatic carbocycles. The van der Waals surface area contributed by atoms with Gasteiger partial charge in [-0.25, -0.2) is 0 Å². The first-order valence-corrected chi connectivity index (χ1v) is 10.0. The molecule has 6 heteroatoms. The second-order valence-corrected chi connectivity index (χ2v) is 8.55. The van der Waals surface area contributed by atoms with Gasteiger partial charge in [0.25, 0.3) is 0 Å². The molecule has 3 aliphatic rings. The third-order valence-corrected chi connectivity index (χ3v) is 6.91. The van der Waals surface area contributed by atoms with Gasteiger partial charge in [-0.2, -0.15) is 0 Å². The topological polar surface area (TPSA) is 60.2 Å². The number of nitrogens with zero attached hydrogens (tertiary/aromatic N) is 1. The number of amides is 1. The number of aromatic nitrogens is 1. The number of hydrogen-bond donors (Lipinski definition) is 3. The Morgan fingerprint density at radius 3 is 2.96 bits per heavy atom. The summed E-state index contributed by atoms with van der Waals surface area (Å²) in [6, 6.07) is 5.97. The molecular weight excluding hydrogens is 348 g/mol. The fourth-order valence-electron chi connectivity index (χ4n) is 5.04. The van der Waals surface area contributed by atoms with Crippen LogP contribution in [0, 0.1) is 5.41 Å². The highest BCUT2D eigenvalue weighted by Gasteiger charge is 2.43. The number of aromatic amines is 1. The Kier molecular flexibility index (Phi) is 3.99. The first-order chi connectivity index (χ1) is 12.7. The first-order valence-electron chi connectivity index (χ1n) is 9.66. The SMILES string of the molecule is O=C([C@H]1CC2(CCNCC2)CN1)N1CCc2[nH]c3c(Cl)cccc3c2C1. The van der Waals surface area contributed by atoms with E-state index in [0.717, 1.165) is 54.9 Å². The van der Waals surface area contributed by atoms with Gasteiger partial charge in [-0.15, -0.1) is 0 Å². The van der Waals surface area contributed by atoms with Crippen molar-refractivity contribution in [2.75, 3.05) is 26.2 Å². The summed E-state index contributed by atoms with van der Waals surface area (Å²) in [6.45, 7) is 4.59.